The summed E-state index contributed by atoms with van der Waals surface area (Å²) in [4.78, 5) is 31.9. The van der Waals surface area contributed by atoms with Crippen LogP contribution in [0.25, 0.3) is 11.0 Å². The van der Waals surface area contributed by atoms with E-state index in [0.717, 1.165) is 36.1 Å². The average molecular weight is 364 g/mol. The van der Waals surface area contributed by atoms with E-state index in [0.29, 0.717) is 11.3 Å². The molecule has 3 N–H and O–H groups in total. The monoisotopic (exact) mass is 364 g/mol. The first kappa shape index (κ1) is 18.6. The van der Waals surface area contributed by atoms with Crippen LogP contribution in [-0.4, -0.2) is 28.3 Å². The normalized spacial score (nSPS) is 10.7. The first-order valence-corrected chi connectivity index (χ1v) is 9.27. The number of amides is 2. The van der Waals surface area contributed by atoms with Gasteiger partial charge in [0, 0.05) is 30.6 Å². The van der Waals surface area contributed by atoms with Gasteiger partial charge in [-0.3, -0.25) is 9.59 Å². The van der Waals surface area contributed by atoms with E-state index in [1.165, 1.54) is 0 Å². The Morgan fingerprint density at radius 1 is 1.11 bits per heavy atom. The molecule has 2 amide bonds. The van der Waals surface area contributed by atoms with Gasteiger partial charge in [-0.2, -0.15) is 0 Å². The first-order valence-electron chi connectivity index (χ1n) is 9.27. The van der Waals surface area contributed by atoms with Gasteiger partial charge in [-0.1, -0.05) is 31.5 Å². The highest BCUT2D eigenvalue weighted by Crippen LogP contribution is 2.18. The molecule has 0 atom stereocenters. The summed E-state index contributed by atoms with van der Waals surface area (Å²) in [5.41, 5.74) is 3.11. The average Bonchev–Trinajstić information content (AvgIpc) is 3.09. The number of carbonyl (C=O) groups is 2. The molecule has 0 radical (unpaired) electrons. The van der Waals surface area contributed by atoms with Gasteiger partial charge in [0.05, 0.1) is 11.0 Å². The zero-order valence-corrected chi connectivity index (χ0v) is 15.4. The van der Waals surface area contributed by atoms with Crippen molar-refractivity contribution in [3.63, 3.8) is 0 Å². The van der Waals surface area contributed by atoms with Crippen molar-refractivity contribution in [2.75, 3.05) is 11.9 Å². The zero-order chi connectivity index (χ0) is 19.1. The maximum atomic E-state index is 12.1. The maximum absolute atomic E-state index is 12.1. The third-order valence-corrected chi connectivity index (χ3v) is 4.26. The fourth-order valence-corrected chi connectivity index (χ4v) is 2.81. The van der Waals surface area contributed by atoms with Crippen LogP contribution in [0, 0.1) is 0 Å². The van der Waals surface area contributed by atoms with E-state index in [9.17, 15) is 9.59 Å². The highest BCUT2D eigenvalue weighted by molar-refractivity contribution is 5.95. The van der Waals surface area contributed by atoms with Crippen molar-refractivity contribution in [3.8, 4) is 0 Å². The second-order valence-corrected chi connectivity index (χ2v) is 6.44. The number of aryl methyl sites for hydroxylation is 1. The number of anilines is 1. The second kappa shape index (κ2) is 8.98. The maximum Gasteiger partial charge on any atom is 0.251 e. The Balaban J connectivity index is 1.50. The highest BCUT2D eigenvalue weighted by atomic mass is 16.2. The van der Waals surface area contributed by atoms with Gasteiger partial charge in [-0.05, 0) is 36.8 Å². The van der Waals surface area contributed by atoms with E-state index in [4.69, 9.17) is 0 Å². The van der Waals surface area contributed by atoms with E-state index in [-0.39, 0.29) is 24.8 Å². The predicted octanol–water partition coefficient (Wildman–Crippen LogP) is 3.66. The lowest BCUT2D eigenvalue weighted by Crippen LogP contribution is -2.27. The van der Waals surface area contributed by atoms with Gasteiger partial charge in [-0.15, -0.1) is 0 Å². The zero-order valence-electron chi connectivity index (χ0n) is 15.4. The molecule has 1 heterocycles. The summed E-state index contributed by atoms with van der Waals surface area (Å²) in [6.07, 6.45) is 3.35. The number of hydrogen-bond acceptors (Lipinski definition) is 3. The molecule has 6 nitrogen and oxygen atoms in total. The molecule has 0 bridgehead atoms. The van der Waals surface area contributed by atoms with E-state index in [1.54, 1.807) is 24.3 Å². The van der Waals surface area contributed by atoms with E-state index >= 15 is 0 Å². The third-order valence-electron chi connectivity index (χ3n) is 4.26. The van der Waals surface area contributed by atoms with Gasteiger partial charge >= 0.3 is 0 Å². The fourth-order valence-electron chi connectivity index (χ4n) is 2.81. The number of aromatic amines is 1. The molecule has 3 rings (SSSR count). The van der Waals surface area contributed by atoms with Crippen molar-refractivity contribution < 1.29 is 9.59 Å². The van der Waals surface area contributed by atoms with Crippen molar-refractivity contribution in [2.24, 2.45) is 0 Å². The van der Waals surface area contributed by atoms with Crippen LogP contribution in [-0.2, 0) is 11.2 Å². The van der Waals surface area contributed by atoms with Crippen LogP contribution < -0.4 is 10.6 Å². The minimum Gasteiger partial charge on any atom is -0.352 e. The second-order valence-electron chi connectivity index (χ2n) is 6.44. The van der Waals surface area contributed by atoms with Crippen LogP contribution in [0.5, 0.6) is 0 Å². The fraction of sp³-hybridized carbons (Fsp3) is 0.286. The molecule has 0 aliphatic heterocycles. The molecule has 0 saturated carbocycles. The number of carbonyl (C=O) groups excluding carboxylic acids is 2. The van der Waals surface area contributed by atoms with Crippen LogP contribution in [0.3, 0.4) is 0 Å². The van der Waals surface area contributed by atoms with E-state index < -0.39 is 0 Å². The Morgan fingerprint density at radius 2 is 1.93 bits per heavy atom. The third kappa shape index (κ3) is 5.17. The standard InChI is InChI=1S/C21H24N4O2/c1-2-3-9-19-24-17-11-10-16(14-18(17)25-19)23-20(26)12-13-22-21(27)15-7-5-4-6-8-15/h4-8,10-11,14H,2-3,9,12-13H2,1H3,(H,22,27)(H,23,26)(H,24,25). The van der Waals surface area contributed by atoms with E-state index in [1.807, 2.05) is 24.3 Å². The number of H-pyrrole nitrogens is 1. The lowest BCUT2D eigenvalue weighted by molar-refractivity contribution is -0.116. The summed E-state index contributed by atoms with van der Waals surface area (Å²) in [7, 11) is 0. The van der Waals surface area contributed by atoms with Crippen molar-refractivity contribution in [2.45, 2.75) is 32.6 Å². The number of nitrogens with one attached hydrogen (secondary N) is 3. The van der Waals surface area contributed by atoms with Crippen LogP contribution in [0.4, 0.5) is 5.69 Å². The Bertz CT molecular complexity index is 918. The Labute approximate surface area is 158 Å². The molecule has 0 unspecified atom stereocenters. The number of benzene rings is 2. The Hall–Kier alpha value is -3.15. The molecule has 0 fully saturated rings. The van der Waals surface area contributed by atoms with Crippen molar-refractivity contribution >= 4 is 28.5 Å². The van der Waals surface area contributed by atoms with Crippen LogP contribution in [0.1, 0.15) is 42.4 Å². The predicted molar refractivity (Wildman–Crippen MR) is 107 cm³/mol. The van der Waals surface area contributed by atoms with Crippen molar-refractivity contribution in [1.82, 2.24) is 15.3 Å². The number of unbranched alkanes of at least 4 members (excludes halogenated alkanes) is 1. The van der Waals surface area contributed by atoms with Crippen LogP contribution in [0.15, 0.2) is 48.5 Å². The molecular formula is C21H24N4O2. The summed E-state index contributed by atoms with van der Waals surface area (Å²) in [5.74, 6) is 0.647. The van der Waals surface area contributed by atoms with Gasteiger partial charge in [0.25, 0.3) is 5.91 Å². The van der Waals surface area contributed by atoms with Gasteiger partial charge in [-0.25, -0.2) is 4.98 Å². The molecule has 27 heavy (non-hydrogen) atoms. The summed E-state index contributed by atoms with van der Waals surface area (Å²) in [6, 6.07) is 14.6. The van der Waals surface area contributed by atoms with Crippen LogP contribution in [0.2, 0.25) is 0 Å². The number of rotatable bonds is 8. The van der Waals surface area contributed by atoms with Crippen molar-refractivity contribution in [1.29, 1.82) is 0 Å². The van der Waals surface area contributed by atoms with Crippen LogP contribution >= 0.6 is 0 Å². The number of aromatic nitrogens is 2. The molecule has 140 valence electrons. The molecule has 0 saturated heterocycles. The van der Waals surface area contributed by atoms with Gasteiger partial charge in [0.2, 0.25) is 5.91 Å². The lowest BCUT2D eigenvalue weighted by Gasteiger charge is -2.07. The molecule has 3 aromatic rings. The number of nitrogens with zero attached hydrogens (tertiary/aromatic N) is 1. The van der Waals surface area contributed by atoms with Crippen molar-refractivity contribution in [3.05, 3.63) is 59.9 Å². The minimum atomic E-state index is -0.179. The minimum absolute atomic E-state index is 0.145. The smallest absolute Gasteiger partial charge is 0.251 e. The number of imidazole rings is 1. The molecule has 0 spiro atoms. The van der Waals surface area contributed by atoms with Gasteiger partial charge in [0.15, 0.2) is 0 Å². The van der Waals surface area contributed by atoms with Gasteiger partial charge in [0.1, 0.15) is 5.82 Å². The topological polar surface area (TPSA) is 86.9 Å². The number of hydrogen-bond donors (Lipinski definition) is 3. The number of fused-ring (bicyclic) bond motifs is 1. The molecule has 2 aromatic carbocycles. The first-order chi connectivity index (χ1) is 13.2. The largest absolute Gasteiger partial charge is 0.352 e. The molecule has 6 heteroatoms. The summed E-state index contributed by atoms with van der Waals surface area (Å²) < 4.78 is 0. The van der Waals surface area contributed by atoms with Gasteiger partial charge < -0.3 is 15.6 Å². The van der Waals surface area contributed by atoms with E-state index in [2.05, 4.69) is 27.5 Å². The lowest BCUT2D eigenvalue weighted by atomic mass is 10.2. The molecule has 0 aliphatic carbocycles. The summed E-state index contributed by atoms with van der Waals surface area (Å²) >= 11 is 0. The molecular weight excluding hydrogens is 340 g/mol. The highest BCUT2D eigenvalue weighted by Gasteiger charge is 2.08. The Morgan fingerprint density at radius 3 is 2.70 bits per heavy atom. The Kier molecular flexibility index (Phi) is 6.20. The summed E-state index contributed by atoms with van der Waals surface area (Å²) in [5, 5.41) is 5.61. The quantitative estimate of drug-likeness (QED) is 0.570. The molecule has 0 aliphatic rings. The SMILES string of the molecule is CCCCc1nc2ccc(NC(=O)CCNC(=O)c3ccccc3)cc2[nH]1. The molecule has 1 aromatic heterocycles. The summed E-state index contributed by atoms with van der Waals surface area (Å²) in [6.45, 7) is 2.44.